The van der Waals surface area contributed by atoms with Crippen LogP contribution in [-0.2, 0) is 16.1 Å². The van der Waals surface area contributed by atoms with Gasteiger partial charge in [0.05, 0.1) is 6.54 Å². The molecule has 130 valence electrons. The zero-order chi connectivity index (χ0) is 17.5. The quantitative estimate of drug-likeness (QED) is 0.719. The lowest BCUT2D eigenvalue weighted by Gasteiger charge is -2.20. The van der Waals surface area contributed by atoms with Crippen LogP contribution in [0.15, 0.2) is 12.3 Å². The van der Waals surface area contributed by atoms with E-state index in [0.29, 0.717) is 18.8 Å². The molecule has 0 saturated heterocycles. The molecule has 2 amide bonds. The zero-order valence-electron chi connectivity index (χ0n) is 14.6. The van der Waals surface area contributed by atoms with E-state index in [4.69, 9.17) is 4.74 Å². The Kier molecular flexibility index (Phi) is 7.02. The summed E-state index contributed by atoms with van der Waals surface area (Å²) in [6.07, 6.45) is 2.03. The lowest BCUT2D eigenvalue weighted by Crippen LogP contribution is -2.37. The van der Waals surface area contributed by atoms with Crippen LogP contribution in [0.1, 0.15) is 20.8 Å². The summed E-state index contributed by atoms with van der Waals surface area (Å²) in [6.45, 7) is 7.62. The Morgan fingerprint density at radius 2 is 2.09 bits per heavy atom. The first kappa shape index (κ1) is 19.0. The van der Waals surface area contributed by atoms with E-state index in [-0.39, 0.29) is 6.54 Å². The van der Waals surface area contributed by atoms with Gasteiger partial charge in [-0.05, 0) is 34.9 Å². The van der Waals surface area contributed by atoms with Crippen molar-refractivity contribution in [3.05, 3.63) is 12.3 Å². The highest BCUT2D eigenvalue weighted by Crippen LogP contribution is 2.08. The summed E-state index contributed by atoms with van der Waals surface area (Å²) in [5, 5.41) is 6.97. The molecular formula is C15H27N5O3. The summed E-state index contributed by atoms with van der Waals surface area (Å²) in [4.78, 5) is 26.3. The fraction of sp³-hybridized carbons (Fsp3) is 0.667. The molecule has 1 aromatic rings. The molecule has 0 aromatic carbocycles. The van der Waals surface area contributed by atoms with Gasteiger partial charge in [-0.25, -0.2) is 4.79 Å². The van der Waals surface area contributed by atoms with Gasteiger partial charge in [0.1, 0.15) is 5.60 Å². The molecular weight excluding hydrogens is 298 g/mol. The van der Waals surface area contributed by atoms with Crippen LogP contribution in [0.4, 0.5) is 10.6 Å². The van der Waals surface area contributed by atoms with Crippen molar-refractivity contribution in [1.82, 2.24) is 20.0 Å². The number of anilines is 1. The Balaban J connectivity index is 2.45. The van der Waals surface area contributed by atoms with Crippen molar-refractivity contribution < 1.29 is 14.3 Å². The zero-order valence-corrected chi connectivity index (χ0v) is 14.6. The maximum atomic E-state index is 11.6. The average Bonchev–Trinajstić information content (AvgIpc) is 2.88. The van der Waals surface area contributed by atoms with Crippen molar-refractivity contribution in [2.45, 2.75) is 32.9 Å². The molecule has 0 aliphatic rings. The Labute approximate surface area is 137 Å². The number of hydrogen-bond donors (Lipinski definition) is 1. The monoisotopic (exact) mass is 325 g/mol. The van der Waals surface area contributed by atoms with E-state index < -0.39 is 11.7 Å². The summed E-state index contributed by atoms with van der Waals surface area (Å²) in [5.41, 5.74) is -0.542. The van der Waals surface area contributed by atoms with E-state index in [1.54, 1.807) is 31.5 Å². The Bertz CT molecular complexity index is 507. The van der Waals surface area contributed by atoms with Crippen molar-refractivity contribution in [3.63, 3.8) is 0 Å². The molecule has 0 fully saturated rings. The smallest absolute Gasteiger partial charge is 0.407 e. The van der Waals surface area contributed by atoms with Gasteiger partial charge >= 0.3 is 6.09 Å². The topological polar surface area (TPSA) is 79.7 Å². The molecule has 0 spiro atoms. The number of rotatable bonds is 8. The van der Waals surface area contributed by atoms with Gasteiger partial charge < -0.3 is 15.0 Å². The van der Waals surface area contributed by atoms with Gasteiger partial charge in [0.15, 0.2) is 5.82 Å². The minimum absolute atomic E-state index is 0.290. The van der Waals surface area contributed by atoms with E-state index in [9.17, 15) is 9.59 Å². The van der Waals surface area contributed by atoms with E-state index in [2.05, 4.69) is 15.3 Å². The molecule has 1 heterocycles. The van der Waals surface area contributed by atoms with Crippen LogP contribution < -0.4 is 10.2 Å². The van der Waals surface area contributed by atoms with Gasteiger partial charge in [0.2, 0.25) is 6.41 Å². The van der Waals surface area contributed by atoms with E-state index >= 15 is 0 Å². The van der Waals surface area contributed by atoms with Crippen LogP contribution in [0.5, 0.6) is 0 Å². The van der Waals surface area contributed by atoms with Crippen LogP contribution in [-0.4, -0.2) is 66.5 Å². The molecule has 8 heteroatoms. The normalized spacial score (nSPS) is 11.4. The van der Waals surface area contributed by atoms with Crippen LogP contribution >= 0.6 is 0 Å². The number of aromatic nitrogens is 2. The molecule has 0 bridgehead atoms. The molecule has 0 unspecified atom stereocenters. The maximum Gasteiger partial charge on any atom is 0.407 e. The number of alkyl carbamates (subject to hydrolysis) is 1. The van der Waals surface area contributed by atoms with E-state index in [1.165, 1.54) is 4.90 Å². The number of amides is 2. The summed E-state index contributed by atoms with van der Waals surface area (Å²) in [6, 6.07) is 1.78. The SMILES string of the molecule is CN(C)CCn1ccc(N(C=O)CCNC(=O)OC(C)(C)C)n1. The minimum atomic E-state index is -0.542. The number of nitrogens with one attached hydrogen (secondary N) is 1. The van der Waals surface area contributed by atoms with E-state index in [1.807, 2.05) is 20.3 Å². The first-order chi connectivity index (χ1) is 10.7. The van der Waals surface area contributed by atoms with Gasteiger partial charge in [-0.15, -0.1) is 0 Å². The van der Waals surface area contributed by atoms with Gasteiger partial charge in [0, 0.05) is 31.9 Å². The summed E-state index contributed by atoms with van der Waals surface area (Å²) in [7, 11) is 3.98. The third-order valence-corrected chi connectivity index (χ3v) is 2.85. The fourth-order valence-electron chi connectivity index (χ4n) is 1.74. The van der Waals surface area contributed by atoms with Crippen molar-refractivity contribution in [2.75, 3.05) is 38.6 Å². The predicted octanol–water partition coefficient (Wildman–Crippen LogP) is 0.932. The van der Waals surface area contributed by atoms with Crippen molar-refractivity contribution >= 4 is 18.3 Å². The Hall–Kier alpha value is -2.09. The molecule has 1 N–H and O–H groups in total. The highest BCUT2D eigenvalue weighted by Gasteiger charge is 2.16. The second kappa shape index (κ2) is 8.52. The number of nitrogens with zero attached hydrogens (tertiary/aromatic N) is 4. The lowest BCUT2D eigenvalue weighted by molar-refractivity contribution is -0.107. The molecule has 8 nitrogen and oxygen atoms in total. The molecule has 0 aliphatic heterocycles. The first-order valence-electron chi connectivity index (χ1n) is 7.58. The van der Waals surface area contributed by atoms with Gasteiger partial charge in [-0.2, -0.15) is 5.10 Å². The highest BCUT2D eigenvalue weighted by atomic mass is 16.6. The molecule has 0 aliphatic carbocycles. The average molecular weight is 325 g/mol. The van der Waals surface area contributed by atoms with Gasteiger partial charge in [-0.3, -0.25) is 14.4 Å². The van der Waals surface area contributed by atoms with Crippen LogP contribution in [0.25, 0.3) is 0 Å². The van der Waals surface area contributed by atoms with Gasteiger partial charge in [-0.1, -0.05) is 0 Å². The van der Waals surface area contributed by atoms with Gasteiger partial charge in [0.25, 0.3) is 0 Å². The lowest BCUT2D eigenvalue weighted by atomic mass is 10.2. The minimum Gasteiger partial charge on any atom is -0.444 e. The Morgan fingerprint density at radius 1 is 1.39 bits per heavy atom. The molecule has 0 radical (unpaired) electrons. The predicted molar refractivity (Wildman–Crippen MR) is 88.4 cm³/mol. The number of carbonyl (C=O) groups is 2. The molecule has 23 heavy (non-hydrogen) atoms. The number of likely N-dealkylation sites (N-methyl/N-ethyl adjacent to an activating group) is 1. The standard InChI is InChI=1S/C15H27N5O3/c1-15(2,3)23-14(22)16-7-9-19(12-21)13-6-8-20(17-13)11-10-18(4)5/h6,8,12H,7,9-11H2,1-5H3,(H,16,22). The van der Waals surface area contributed by atoms with Crippen molar-refractivity contribution in [1.29, 1.82) is 0 Å². The molecule has 0 saturated carbocycles. The number of carbonyl (C=O) groups excluding carboxylic acids is 2. The number of ether oxygens (including phenoxy) is 1. The van der Waals surface area contributed by atoms with Crippen LogP contribution in [0.3, 0.4) is 0 Å². The summed E-state index contributed by atoms with van der Waals surface area (Å²) < 4.78 is 6.92. The first-order valence-corrected chi connectivity index (χ1v) is 7.58. The number of hydrogen-bond acceptors (Lipinski definition) is 5. The third kappa shape index (κ3) is 7.64. The molecule has 0 atom stereocenters. The van der Waals surface area contributed by atoms with E-state index in [0.717, 1.165) is 13.1 Å². The second-order valence-electron chi connectivity index (χ2n) is 6.47. The fourth-order valence-corrected chi connectivity index (χ4v) is 1.74. The molecule has 1 rings (SSSR count). The van der Waals surface area contributed by atoms with Crippen molar-refractivity contribution in [3.8, 4) is 0 Å². The highest BCUT2D eigenvalue weighted by molar-refractivity contribution is 5.73. The maximum absolute atomic E-state index is 11.6. The largest absolute Gasteiger partial charge is 0.444 e. The van der Waals surface area contributed by atoms with Crippen molar-refractivity contribution in [2.24, 2.45) is 0 Å². The van der Waals surface area contributed by atoms with Crippen LogP contribution in [0.2, 0.25) is 0 Å². The summed E-state index contributed by atoms with van der Waals surface area (Å²) in [5.74, 6) is 0.560. The summed E-state index contributed by atoms with van der Waals surface area (Å²) >= 11 is 0. The molecule has 1 aromatic heterocycles. The Morgan fingerprint density at radius 3 is 2.65 bits per heavy atom. The van der Waals surface area contributed by atoms with Crippen LogP contribution in [0, 0.1) is 0 Å². The second-order valence-corrected chi connectivity index (χ2v) is 6.47. The third-order valence-electron chi connectivity index (χ3n) is 2.85.